The molecule has 0 aromatic heterocycles. The van der Waals surface area contributed by atoms with Crippen LogP contribution in [0.25, 0.3) is 0 Å². The molecule has 0 aromatic rings. The summed E-state index contributed by atoms with van der Waals surface area (Å²) in [5, 5.41) is 0. The highest BCUT2D eigenvalue weighted by atomic mass is 32.2. The molecule has 0 rings (SSSR count). The van der Waals surface area contributed by atoms with Gasteiger partial charge < -0.3 is 0 Å². The molecule has 0 fully saturated rings. The summed E-state index contributed by atoms with van der Waals surface area (Å²) < 4.78 is 0. The van der Waals surface area contributed by atoms with Gasteiger partial charge in [-0.2, -0.15) is 0 Å². The van der Waals surface area contributed by atoms with Gasteiger partial charge in [-0.15, -0.1) is 0 Å². The van der Waals surface area contributed by atoms with Crippen molar-refractivity contribution in [3.8, 4) is 0 Å². The standard InChI is InChI=1S/C54H111S.BH4/c1-4-7-10-13-16-19-22-25-28-31-34-37-40-43-46-49-52-55(53-50-47-44-41-38-35-32-29-26-23-20-17-14-11-8-5-2)54-51-48-45-42-39-36-33-30-27-24-21-18-15-12-9-6-3;/h4-54H2,1-3H3;1H4/q+1;-1. The van der Waals surface area contributed by atoms with Crippen LogP contribution in [0, 0.1) is 0 Å². The Morgan fingerprint density at radius 2 is 0.268 bits per heavy atom. The zero-order chi connectivity index (χ0) is 39.6. The van der Waals surface area contributed by atoms with Crippen LogP contribution in [0.2, 0.25) is 0 Å². The Hall–Kier alpha value is 0.415. The Morgan fingerprint density at radius 1 is 0.161 bits per heavy atom. The molecule has 56 heavy (non-hydrogen) atoms. The number of hydrogen-bond acceptors (Lipinski definition) is 0. The summed E-state index contributed by atoms with van der Waals surface area (Å²) in [6, 6.07) is 0. The van der Waals surface area contributed by atoms with Crippen LogP contribution in [-0.2, 0) is 10.9 Å². The summed E-state index contributed by atoms with van der Waals surface area (Å²) >= 11 is 0. The molecule has 0 aliphatic heterocycles. The lowest BCUT2D eigenvalue weighted by Crippen LogP contribution is -2.17. The topological polar surface area (TPSA) is 0 Å². The number of unbranched alkanes of at least 4 members (excludes halogenated alkanes) is 45. The molecular formula is C54H115BS. The Morgan fingerprint density at radius 3 is 0.393 bits per heavy atom. The minimum Gasteiger partial charge on any atom is -0.0654 e. The van der Waals surface area contributed by atoms with Crippen molar-refractivity contribution >= 4 is 19.3 Å². The van der Waals surface area contributed by atoms with Crippen molar-refractivity contribution in [1.82, 2.24) is 0 Å². The molecule has 0 bridgehead atoms. The van der Waals surface area contributed by atoms with E-state index in [2.05, 4.69) is 20.8 Å². The fraction of sp³-hybridized carbons (Fsp3) is 1.00. The van der Waals surface area contributed by atoms with E-state index >= 15 is 0 Å². The quantitative estimate of drug-likeness (QED) is 0.0326. The van der Waals surface area contributed by atoms with E-state index in [1.165, 1.54) is 308 Å². The predicted molar refractivity (Wildman–Crippen MR) is 272 cm³/mol. The van der Waals surface area contributed by atoms with Gasteiger partial charge in [-0.3, -0.25) is 0 Å². The monoisotopic (exact) mass is 807 g/mol. The maximum absolute atomic E-state index is 2.32. The average molecular weight is 807 g/mol. The zero-order valence-electron chi connectivity index (χ0n) is 39.5. The largest absolute Gasteiger partial charge is 0.108 e. The minimum absolute atomic E-state index is 0. The van der Waals surface area contributed by atoms with Crippen molar-refractivity contribution in [2.45, 2.75) is 329 Å². The third-order valence-corrected chi connectivity index (χ3v) is 15.5. The van der Waals surface area contributed by atoms with Crippen LogP contribution < -0.4 is 0 Å². The Kier molecular flexibility index (Phi) is 57.9. The molecule has 0 nitrogen and oxygen atoms in total. The summed E-state index contributed by atoms with van der Waals surface area (Å²) in [5.74, 6) is 4.70. The van der Waals surface area contributed by atoms with Crippen molar-refractivity contribution in [3.05, 3.63) is 0 Å². The summed E-state index contributed by atoms with van der Waals surface area (Å²) in [6.45, 7) is 6.96. The predicted octanol–water partition coefficient (Wildman–Crippen LogP) is 18.9. The summed E-state index contributed by atoms with van der Waals surface area (Å²) in [5.41, 5.74) is 0. The van der Waals surface area contributed by atoms with Gasteiger partial charge in [-0.25, -0.2) is 0 Å². The van der Waals surface area contributed by atoms with Crippen molar-refractivity contribution < 1.29 is 0 Å². The van der Waals surface area contributed by atoms with Crippen LogP contribution in [0.15, 0.2) is 0 Å². The maximum Gasteiger partial charge on any atom is 0.108 e. The van der Waals surface area contributed by atoms with Gasteiger partial charge in [0.25, 0.3) is 0 Å². The summed E-state index contributed by atoms with van der Waals surface area (Å²) in [4.78, 5) is 0. The number of rotatable bonds is 51. The van der Waals surface area contributed by atoms with Gasteiger partial charge in [0.15, 0.2) is 0 Å². The van der Waals surface area contributed by atoms with Crippen LogP contribution in [0.1, 0.15) is 329 Å². The third-order valence-electron chi connectivity index (χ3n) is 12.9. The van der Waals surface area contributed by atoms with Crippen LogP contribution >= 0.6 is 0 Å². The highest BCUT2D eigenvalue weighted by Gasteiger charge is 2.16. The molecule has 0 saturated heterocycles. The van der Waals surface area contributed by atoms with E-state index in [0.29, 0.717) is 0 Å². The molecule has 0 unspecified atom stereocenters. The van der Waals surface area contributed by atoms with E-state index < -0.39 is 0 Å². The Bertz CT molecular complexity index is 550. The highest BCUT2D eigenvalue weighted by molar-refractivity contribution is 7.96. The van der Waals surface area contributed by atoms with Gasteiger partial charge in [-0.05, 0) is 49.4 Å². The maximum atomic E-state index is 2.32. The second-order valence-electron chi connectivity index (χ2n) is 18.6. The van der Waals surface area contributed by atoms with Gasteiger partial charge in [0.1, 0.15) is 17.3 Å². The first-order valence-corrected chi connectivity index (χ1v) is 28.7. The minimum atomic E-state index is 0. The van der Waals surface area contributed by atoms with Crippen molar-refractivity contribution in [3.63, 3.8) is 0 Å². The molecule has 0 saturated carbocycles. The molecule has 0 radical (unpaired) electrons. The van der Waals surface area contributed by atoms with Crippen molar-refractivity contribution in [2.75, 3.05) is 17.3 Å². The second kappa shape index (κ2) is 55.4. The molecule has 0 amide bonds. The Labute approximate surface area is 363 Å². The Balaban J connectivity index is 0. The van der Waals surface area contributed by atoms with E-state index in [0.717, 1.165) is 10.9 Å². The van der Waals surface area contributed by atoms with Crippen molar-refractivity contribution in [1.29, 1.82) is 0 Å². The van der Waals surface area contributed by atoms with Gasteiger partial charge in [0, 0.05) is 0 Å². The fourth-order valence-electron chi connectivity index (χ4n) is 8.87. The molecule has 2 heteroatoms. The van der Waals surface area contributed by atoms with E-state index in [1.54, 1.807) is 17.3 Å². The first kappa shape index (κ1) is 58.5. The van der Waals surface area contributed by atoms with E-state index in [1.807, 2.05) is 0 Å². The van der Waals surface area contributed by atoms with Gasteiger partial charge in [0.05, 0.1) is 0 Å². The molecular weight excluding hydrogens is 691 g/mol. The molecule has 0 aliphatic carbocycles. The smallest absolute Gasteiger partial charge is 0.0654 e. The van der Waals surface area contributed by atoms with Gasteiger partial charge in [-0.1, -0.05) is 299 Å². The van der Waals surface area contributed by atoms with Crippen LogP contribution in [0.4, 0.5) is 0 Å². The fourth-order valence-corrected chi connectivity index (χ4v) is 11.3. The van der Waals surface area contributed by atoms with Crippen LogP contribution in [0.3, 0.4) is 0 Å². The molecule has 0 heterocycles. The van der Waals surface area contributed by atoms with E-state index in [9.17, 15) is 0 Å². The number of hydrogen-bond donors (Lipinski definition) is 0. The normalized spacial score (nSPS) is 11.6. The first-order valence-electron chi connectivity index (χ1n) is 27.0. The first-order chi connectivity index (χ1) is 27.3. The summed E-state index contributed by atoms with van der Waals surface area (Å²) in [6.07, 6.45) is 71.3. The average Bonchev–Trinajstić information content (AvgIpc) is 3.20. The molecule has 0 aromatic carbocycles. The molecule has 0 aliphatic rings. The SMILES string of the molecule is CCCCCCCCCCCCCCCCCC[S+](CCCCCCCCCCCCCCCCCC)CCCCCCCCCCCCCCCCCC.[BH4-]. The lowest BCUT2D eigenvalue weighted by Gasteiger charge is -2.10. The van der Waals surface area contributed by atoms with E-state index in [4.69, 9.17) is 0 Å². The van der Waals surface area contributed by atoms with E-state index in [-0.39, 0.29) is 8.41 Å². The van der Waals surface area contributed by atoms with Gasteiger partial charge >= 0.3 is 0 Å². The highest BCUT2D eigenvalue weighted by Crippen LogP contribution is 2.19. The van der Waals surface area contributed by atoms with Gasteiger partial charge in [0.2, 0.25) is 0 Å². The zero-order valence-corrected chi connectivity index (χ0v) is 40.3. The van der Waals surface area contributed by atoms with Crippen LogP contribution in [0.5, 0.6) is 0 Å². The lowest BCUT2D eigenvalue weighted by atomic mass is 10.0. The molecule has 0 N–H and O–H groups in total. The van der Waals surface area contributed by atoms with Crippen LogP contribution in [-0.4, -0.2) is 25.7 Å². The lowest BCUT2D eigenvalue weighted by molar-refractivity contribution is 0.531. The van der Waals surface area contributed by atoms with Crippen molar-refractivity contribution in [2.24, 2.45) is 0 Å². The molecule has 340 valence electrons. The second-order valence-corrected chi connectivity index (χ2v) is 21.1. The molecule has 0 spiro atoms. The molecule has 0 atom stereocenters. The summed E-state index contributed by atoms with van der Waals surface area (Å²) in [7, 11) is 0.723. The third kappa shape index (κ3) is 52.4.